The number of sulfone groups is 1. The highest BCUT2D eigenvalue weighted by molar-refractivity contribution is 7.90. The first kappa shape index (κ1) is 20.7. The molecule has 2 fully saturated rings. The lowest BCUT2D eigenvalue weighted by Crippen LogP contribution is -2.42. The topological polar surface area (TPSA) is 116 Å². The van der Waals surface area contributed by atoms with Gasteiger partial charge in [0.05, 0.1) is 23.5 Å². The third kappa shape index (κ3) is 3.87. The van der Waals surface area contributed by atoms with E-state index in [4.69, 9.17) is 5.73 Å². The minimum Gasteiger partial charge on any atom is -0.465 e. The van der Waals surface area contributed by atoms with Crippen LogP contribution in [0.1, 0.15) is 29.6 Å². The lowest BCUT2D eigenvalue weighted by Gasteiger charge is -2.27. The Bertz CT molecular complexity index is 824. The molecule has 4 unspecified atom stereocenters. The average molecular weight is 403 g/mol. The third-order valence-corrected chi connectivity index (χ3v) is 6.40. The van der Waals surface area contributed by atoms with Crippen molar-refractivity contribution in [1.82, 2.24) is 0 Å². The van der Waals surface area contributed by atoms with Crippen molar-refractivity contribution in [3.05, 3.63) is 23.8 Å². The Kier molecular flexibility index (Phi) is 5.99. The number of hydrogen-bond donors (Lipinski definition) is 2. The van der Waals surface area contributed by atoms with E-state index in [-0.39, 0.29) is 52.3 Å². The fourth-order valence-corrected chi connectivity index (χ4v) is 4.75. The number of ether oxygens (including phenoxy) is 1. The summed E-state index contributed by atoms with van der Waals surface area (Å²) >= 11 is 0. The van der Waals surface area contributed by atoms with Crippen molar-refractivity contribution in [3.63, 3.8) is 0 Å². The van der Waals surface area contributed by atoms with E-state index >= 15 is 0 Å². The van der Waals surface area contributed by atoms with Gasteiger partial charge in [-0.1, -0.05) is 0 Å². The monoisotopic (exact) mass is 402 g/mol. The maximum atomic E-state index is 12.7. The molecule has 7 nitrogen and oxygen atoms in total. The maximum Gasteiger partial charge on any atom is 0.337 e. The lowest BCUT2D eigenvalue weighted by molar-refractivity contribution is -0.121. The molecule has 26 heavy (non-hydrogen) atoms. The number of methoxy groups -OCH3 is 1. The Labute approximate surface area is 159 Å². The Balaban J connectivity index is 0.00000243. The molecular weight excluding hydrogens is 380 g/mol. The van der Waals surface area contributed by atoms with Crippen LogP contribution in [-0.4, -0.2) is 39.7 Å². The second-order valence-corrected chi connectivity index (χ2v) is 8.95. The normalized spacial score (nSPS) is 26.9. The van der Waals surface area contributed by atoms with Crippen LogP contribution in [0.2, 0.25) is 0 Å². The number of fused-ring (bicyclic) bond motifs is 2. The number of amides is 1. The molecule has 144 valence electrons. The van der Waals surface area contributed by atoms with Gasteiger partial charge in [-0.15, -0.1) is 12.4 Å². The van der Waals surface area contributed by atoms with Gasteiger partial charge < -0.3 is 15.8 Å². The largest absolute Gasteiger partial charge is 0.465 e. The molecule has 2 aliphatic rings. The molecule has 2 aliphatic carbocycles. The number of nitrogens with two attached hydrogens (primary N) is 1. The van der Waals surface area contributed by atoms with E-state index < -0.39 is 15.8 Å². The zero-order valence-electron chi connectivity index (χ0n) is 14.6. The van der Waals surface area contributed by atoms with Crippen molar-refractivity contribution in [2.24, 2.45) is 23.5 Å². The van der Waals surface area contributed by atoms with E-state index in [1.807, 2.05) is 0 Å². The molecule has 0 aromatic heterocycles. The number of benzene rings is 1. The van der Waals surface area contributed by atoms with E-state index in [1.54, 1.807) is 0 Å². The molecule has 0 spiro atoms. The summed E-state index contributed by atoms with van der Waals surface area (Å²) in [6.07, 6.45) is 4.07. The minimum absolute atomic E-state index is 0. The number of esters is 1. The van der Waals surface area contributed by atoms with Crippen LogP contribution in [0.4, 0.5) is 5.69 Å². The first-order chi connectivity index (χ1) is 11.7. The van der Waals surface area contributed by atoms with Crippen molar-refractivity contribution in [2.45, 2.75) is 30.2 Å². The number of anilines is 1. The molecule has 1 aromatic carbocycles. The van der Waals surface area contributed by atoms with Crippen molar-refractivity contribution in [1.29, 1.82) is 0 Å². The Morgan fingerprint density at radius 3 is 2.38 bits per heavy atom. The first-order valence-electron chi connectivity index (χ1n) is 8.20. The van der Waals surface area contributed by atoms with Crippen LogP contribution in [0, 0.1) is 17.8 Å². The molecule has 0 radical (unpaired) electrons. The predicted octanol–water partition coefficient (Wildman–Crippen LogP) is 1.61. The summed E-state index contributed by atoms with van der Waals surface area (Å²) in [7, 11) is -2.34. The molecule has 4 atom stereocenters. The third-order valence-electron chi connectivity index (χ3n) is 5.31. The summed E-state index contributed by atoms with van der Waals surface area (Å²) in [5.41, 5.74) is 6.51. The Morgan fingerprint density at radius 2 is 1.85 bits per heavy atom. The second-order valence-electron chi connectivity index (χ2n) is 6.94. The van der Waals surface area contributed by atoms with Gasteiger partial charge in [0.1, 0.15) is 0 Å². The lowest BCUT2D eigenvalue weighted by atomic mass is 9.84. The summed E-state index contributed by atoms with van der Waals surface area (Å²) in [4.78, 5) is 24.4. The van der Waals surface area contributed by atoms with Gasteiger partial charge in [-0.25, -0.2) is 13.2 Å². The molecule has 3 rings (SSSR count). The number of nitrogens with one attached hydrogen (secondary N) is 1. The summed E-state index contributed by atoms with van der Waals surface area (Å²) in [6.45, 7) is 0. The van der Waals surface area contributed by atoms with E-state index in [2.05, 4.69) is 10.1 Å². The van der Waals surface area contributed by atoms with Gasteiger partial charge in [0.2, 0.25) is 5.91 Å². The summed E-state index contributed by atoms with van der Waals surface area (Å²) in [6, 6.07) is 3.83. The molecular formula is C17H23ClN2O5S. The zero-order chi connectivity index (χ0) is 18.4. The number of hydrogen-bond acceptors (Lipinski definition) is 6. The van der Waals surface area contributed by atoms with Gasteiger partial charge in [0, 0.05) is 18.0 Å². The maximum absolute atomic E-state index is 12.7. The number of halogens is 1. The highest BCUT2D eigenvalue weighted by atomic mass is 35.5. The van der Waals surface area contributed by atoms with Crippen LogP contribution in [0.3, 0.4) is 0 Å². The van der Waals surface area contributed by atoms with Crippen molar-refractivity contribution in [3.8, 4) is 0 Å². The summed E-state index contributed by atoms with van der Waals surface area (Å²) in [5, 5.41) is 2.74. The second kappa shape index (κ2) is 7.54. The molecule has 0 saturated heterocycles. The van der Waals surface area contributed by atoms with E-state index in [9.17, 15) is 18.0 Å². The van der Waals surface area contributed by atoms with Gasteiger partial charge in [-0.3, -0.25) is 4.79 Å². The summed E-state index contributed by atoms with van der Waals surface area (Å²) in [5.74, 6) is -0.507. The molecule has 0 heterocycles. The smallest absolute Gasteiger partial charge is 0.337 e. The molecule has 3 N–H and O–H groups in total. The molecule has 2 bridgehead atoms. The SMILES string of the molecule is COC(=O)c1cc(NC(=O)C2C3CCC(C3)C2N)cc(S(C)(=O)=O)c1.Cl. The van der Waals surface area contributed by atoms with E-state index in [0.717, 1.165) is 25.5 Å². The predicted molar refractivity (Wildman–Crippen MR) is 99.1 cm³/mol. The van der Waals surface area contributed by atoms with Gasteiger partial charge in [0.25, 0.3) is 0 Å². The highest BCUT2D eigenvalue weighted by Crippen LogP contribution is 2.47. The first-order valence-corrected chi connectivity index (χ1v) is 10.1. The van der Waals surface area contributed by atoms with E-state index in [0.29, 0.717) is 5.92 Å². The number of rotatable bonds is 4. The zero-order valence-corrected chi connectivity index (χ0v) is 16.2. The van der Waals surface area contributed by atoms with E-state index in [1.165, 1.54) is 25.3 Å². The Hall–Kier alpha value is -1.64. The molecule has 1 amide bonds. The van der Waals surface area contributed by atoms with Crippen LogP contribution < -0.4 is 11.1 Å². The van der Waals surface area contributed by atoms with Crippen LogP contribution in [0.25, 0.3) is 0 Å². The van der Waals surface area contributed by atoms with Crippen molar-refractivity contribution in [2.75, 3.05) is 18.7 Å². The van der Waals surface area contributed by atoms with Crippen LogP contribution >= 0.6 is 12.4 Å². The molecule has 0 aliphatic heterocycles. The van der Waals surface area contributed by atoms with Gasteiger partial charge >= 0.3 is 5.97 Å². The fourth-order valence-electron chi connectivity index (χ4n) is 4.07. The van der Waals surface area contributed by atoms with Crippen molar-refractivity contribution >= 4 is 39.8 Å². The van der Waals surface area contributed by atoms with Gasteiger partial charge in [-0.05, 0) is 49.3 Å². The quantitative estimate of drug-likeness (QED) is 0.739. The minimum atomic E-state index is -3.55. The Morgan fingerprint density at radius 1 is 1.19 bits per heavy atom. The fraction of sp³-hybridized carbons (Fsp3) is 0.529. The van der Waals surface area contributed by atoms with Crippen LogP contribution in [0.5, 0.6) is 0 Å². The summed E-state index contributed by atoms with van der Waals surface area (Å²) < 4.78 is 28.4. The molecule has 9 heteroatoms. The van der Waals surface area contributed by atoms with Crippen LogP contribution in [0.15, 0.2) is 23.1 Å². The van der Waals surface area contributed by atoms with Crippen LogP contribution in [-0.2, 0) is 19.4 Å². The standard InChI is InChI=1S/C17H22N2O5S.ClH/c1-24-17(21)11-6-12(8-13(7-11)25(2,22)23)19-16(20)14-9-3-4-10(5-9)15(14)18;/h6-10,14-15H,3-5,18H2,1-2H3,(H,19,20);1H. The van der Waals surface area contributed by atoms with Gasteiger partial charge in [-0.2, -0.15) is 0 Å². The molecule has 1 aromatic rings. The number of carbonyl (C=O) groups is 2. The number of carbonyl (C=O) groups excluding carboxylic acids is 2. The average Bonchev–Trinajstić information content (AvgIpc) is 3.13. The van der Waals surface area contributed by atoms with Crippen molar-refractivity contribution < 1.29 is 22.7 Å². The highest BCUT2D eigenvalue weighted by Gasteiger charge is 2.49. The molecule has 2 saturated carbocycles. The van der Waals surface area contributed by atoms with Gasteiger partial charge in [0.15, 0.2) is 9.84 Å².